The summed E-state index contributed by atoms with van der Waals surface area (Å²) in [5.41, 5.74) is 0.599. The number of methoxy groups -OCH3 is 1. The SMILES string of the molecule is CN=C(NCCNC(=O)c1ccc(OC)cc1)NCc1ncc(C)s1.I. The van der Waals surface area contributed by atoms with Crippen molar-refractivity contribution in [2.75, 3.05) is 27.2 Å². The Morgan fingerprint density at radius 2 is 1.88 bits per heavy atom. The molecule has 0 radical (unpaired) electrons. The largest absolute Gasteiger partial charge is 0.497 e. The number of hydrogen-bond donors (Lipinski definition) is 3. The van der Waals surface area contributed by atoms with Gasteiger partial charge in [0.1, 0.15) is 10.8 Å². The molecule has 26 heavy (non-hydrogen) atoms. The molecule has 0 saturated carbocycles. The molecule has 1 amide bonds. The van der Waals surface area contributed by atoms with Crippen molar-refractivity contribution >= 4 is 47.2 Å². The lowest BCUT2D eigenvalue weighted by atomic mass is 10.2. The van der Waals surface area contributed by atoms with Crippen molar-refractivity contribution in [2.24, 2.45) is 4.99 Å². The molecule has 0 bridgehead atoms. The average molecular weight is 489 g/mol. The lowest BCUT2D eigenvalue weighted by Crippen LogP contribution is -2.41. The molecule has 0 spiro atoms. The van der Waals surface area contributed by atoms with Gasteiger partial charge in [0.15, 0.2) is 5.96 Å². The number of nitrogens with zero attached hydrogens (tertiary/aromatic N) is 2. The molecule has 0 saturated heterocycles. The fourth-order valence-corrected chi connectivity index (χ4v) is 2.79. The predicted octanol–water partition coefficient (Wildman–Crippen LogP) is 2.17. The van der Waals surface area contributed by atoms with Gasteiger partial charge in [0.2, 0.25) is 0 Å². The molecular weight excluding hydrogens is 465 g/mol. The summed E-state index contributed by atoms with van der Waals surface area (Å²) < 4.78 is 5.08. The van der Waals surface area contributed by atoms with E-state index in [0.29, 0.717) is 31.2 Å². The van der Waals surface area contributed by atoms with Crippen LogP contribution in [0, 0.1) is 6.92 Å². The van der Waals surface area contributed by atoms with Gasteiger partial charge in [-0.25, -0.2) is 4.98 Å². The Hall–Kier alpha value is -1.88. The lowest BCUT2D eigenvalue weighted by Gasteiger charge is -2.11. The van der Waals surface area contributed by atoms with Crippen LogP contribution in [-0.2, 0) is 6.54 Å². The van der Waals surface area contributed by atoms with E-state index in [1.54, 1.807) is 49.8 Å². The molecule has 0 aliphatic rings. The second-order valence-electron chi connectivity index (χ2n) is 5.20. The van der Waals surface area contributed by atoms with Gasteiger partial charge in [0.25, 0.3) is 5.91 Å². The maximum absolute atomic E-state index is 12.0. The molecule has 0 fully saturated rings. The number of aryl methyl sites for hydroxylation is 1. The van der Waals surface area contributed by atoms with Crippen LogP contribution >= 0.6 is 35.3 Å². The molecule has 9 heteroatoms. The van der Waals surface area contributed by atoms with Gasteiger partial charge in [-0.05, 0) is 31.2 Å². The predicted molar refractivity (Wildman–Crippen MR) is 116 cm³/mol. The van der Waals surface area contributed by atoms with E-state index < -0.39 is 0 Å². The zero-order chi connectivity index (χ0) is 18.1. The minimum absolute atomic E-state index is 0. The molecular formula is C17H24IN5O2S. The lowest BCUT2D eigenvalue weighted by molar-refractivity contribution is 0.0954. The number of guanidine groups is 1. The Bertz CT molecular complexity index is 718. The molecule has 1 heterocycles. The van der Waals surface area contributed by atoms with Crippen LogP contribution in [-0.4, -0.2) is 44.1 Å². The Labute approximate surface area is 174 Å². The fourth-order valence-electron chi connectivity index (χ4n) is 2.06. The molecule has 1 aromatic carbocycles. The number of halogens is 1. The molecule has 142 valence electrons. The van der Waals surface area contributed by atoms with Gasteiger partial charge in [-0.1, -0.05) is 0 Å². The summed E-state index contributed by atoms with van der Waals surface area (Å²) in [6, 6.07) is 6.99. The number of amides is 1. The molecule has 1 aromatic heterocycles. The molecule has 0 aliphatic carbocycles. The van der Waals surface area contributed by atoms with Crippen LogP contribution in [0.3, 0.4) is 0 Å². The number of rotatable bonds is 7. The maximum atomic E-state index is 12.0. The Morgan fingerprint density at radius 1 is 1.19 bits per heavy atom. The highest BCUT2D eigenvalue weighted by atomic mass is 127. The Balaban J connectivity index is 0.00000338. The van der Waals surface area contributed by atoms with Crippen molar-refractivity contribution in [3.63, 3.8) is 0 Å². The van der Waals surface area contributed by atoms with Gasteiger partial charge in [0, 0.05) is 36.8 Å². The van der Waals surface area contributed by atoms with Crippen molar-refractivity contribution in [1.82, 2.24) is 20.9 Å². The van der Waals surface area contributed by atoms with E-state index in [2.05, 4.69) is 25.9 Å². The molecule has 7 nitrogen and oxygen atoms in total. The van der Waals surface area contributed by atoms with E-state index in [9.17, 15) is 4.79 Å². The van der Waals surface area contributed by atoms with Gasteiger partial charge in [0.05, 0.1) is 13.7 Å². The van der Waals surface area contributed by atoms with Crippen LogP contribution < -0.4 is 20.7 Å². The van der Waals surface area contributed by atoms with Gasteiger partial charge < -0.3 is 20.7 Å². The van der Waals surface area contributed by atoms with Crippen LogP contribution in [0.15, 0.2) is 35.5 Å². The van der Waals surface area contributed by atoms with Crippen molar-refractivity contribution in [3.8, 4) is 5.75 Å². The second-order valence-corrected chi connectivity index (χ2v) is 6.52. The summed E-state index contributed by atoms with van der Waals surface area (Å²) in [5.74, 6) is 1.28. The van der Waals surface area contributed by atoms with Gasteiger partial charge in [-0.2, -0.15) is 0 Å². The number of thiazole rings is 1. The first-order valence-corrected chi connectivity index (χ1v) is 8.72. The average Bonchev–Trinajstić information content (AvgIpc) is 3.06. The number of aliphatic imine (C=N–C) groups is 1. The van der Waals surface area contributed by atoms with Crippen LogP contribution in [0.4, 0.5) is 0 Å². The number of ether oxygens (including phenoxy) is 1. The third-order valence-electron chi connectivity index (χ3n) is 3.36. The standard InChI is InChI=1S/C17H23N5O2S.HI/c1-12-10-21-15(25-12)11-22-17(18-2)20-9-8-19-16(23)13-4-6-14(24-3)7-5-13;/h4-7,10H,8-9,11H2,1-3H3,(H,19,23)(H2,18,20,22);1H. The fraction of sp³-hybridized carbons (Fsp3) is 0.353. The van der Waals surface area contributed by atoms with E-state index in [1.165, 1.54) is 4.88 Å². The molecule has 0 unspecified atom stereocenters. The van der Waals surface area contributed by atoms with Crippen LogP contribution in [0.2, 0.25) is 0 Å². The third-order valence-corrected chi connectivity index (χ3v) is 4.27. The summed E-state index contributed by atoms with van der Waals surface area (Å²) >= 11 is 1.65. The first-order chi connectivity index (χ1) is 12.1. The highest BCUT2D eigenvalue weighted by Gasteiger charge is 2.05. The van der Waals surface area contributed by atoms with Crippen LogP contribution in [0.1, 0.15) is 20.2 Å². The van der Waals surface area contributed by atoms with Crippen LogP contribution in [0.25, 0.3) is 0 Å². The maximum Gasteiger partial charge on any atom is 0.251 e. The number of carbonyl (C=O) groups is 1. The molecule has 0 aliphatic heterocycles. The molecule has 0 atom stereocenters. The van der Waals surface area contributed by atoms with Gasteiger partial charge in [-0.15, -0.1) is 35.3 Å². The van der Waals surface area contributed by atoms with Crippen molar-refractivity contribution in [2.45, 2.75) is 13.5 Å². The van der Waals surface area contributed by atoms with E-state index >= 15 is 0 Å². The minimum atomic E-state index is -0.120. The highest BCUT2D eigenvalue weighted by molar-refractivity contribution is 14.0. The van der Waals surface area contributed by atoms with E-state index in [0.717, 1.165) is 10.8 Å². The summed E-state index contributed by atoms with van der Waals surface area (Å²) in [4.78, 5) is 21.7. The van der Waals surface area contributed by atoms with Crippen molar-refractivity contribution in [3.05, 3.63) is 45.9 Å². The highest BCUT2D eigenvalue weighted by Crippen LogP contribution is 2.11. The quantitative estimate of drug-likeness (QED) is 0.240. The van der Waals surface area contributed by atoms with Gasteiger partial charge >= 0.3 is 0 Å². The summed E-state index contributed by atoms with van der Waals surface area (Å²) in [7, 11) is 3.30. The number of benzene rings is 1. The Morgan fingerprint density at radius 3 is 2.46 bits per heavy atom. The molecule has 2 aromatic rings. The topological polar surface area (TPSA) is 87.6 Å². The zero-order valence-corrected chi connectivity index (χ0v) is 18.2. The van der Waals surface area contributed by atoms with E-state index in [-0.39, 0.29) is 29.9 Å². The molecule has 3 N–H and O–H groups in total. The van der Waals surface area contributed by atoms with Gasteiger partial charge in [-0.3, -0.25) is 9.79 Å². The monoisotopic (exact) mass is 489 g/mol. The Kier molecular flexibility index (Phi) is 9.96. The van der Waals surface area contributed by atoms with E-state index in [1.807, 2.05) is 13.1 Å². The second kappa shape index (κ2) is 11.7. The summed E-state index contributed by atoms with van der Waals surface area (Å²) in [5, 5.41) is 10.2. The summed E-state index contributed by atoms with van der Waals surface area (Å²) in [6.45, 7) is 3.70. The number of nitrogens with one attached hydrogen (secondary N) is 3. The van der Waals surface area contributed by atoms with Crippen molar-refractivity contribution < 1.29 is 9.53 Å². The number of carbonyl (C=O) groups excluding carboxylic acids is 1. The number of hydrogen-bond acceptors (Lipinski definition) is 5. The summed E-state index contributed by atoms with van der Waals surface area (Å²) in [6.07, 6.45) is 1.85. The number of aromatic nitrogens is 1. The molecule has 2 rings (SSSR count). The first-order valence-electron chi connectivity index (χ1n) is 7.90. The third kappa shape index (κ3) is 7.16. The smallest absolute Gasteiger partial charge is 0.251 e. The minimum Gasteiger partial charge on any atom is -0.497 e. The van der Waals surface area contributed by atoms with Crippen molar-refractivity contribution in [1.29, 1.82) is 0 Å². The normalized spacial score (nSPS) is 10.7. The van der Waals surface area contributed by atoms with E-state index in [4.69, 9.17) is 4.74 Å². The zero-order valence-electron chi connectivity index (χ0n) is 15.0. The van der Waals surface area contributed by atoms with Crippen LogP contribution in [0.5, 0.6) is 5.75 Å². The first kappa shape index (κ1) is 22.2.